The maximum Gasteiger partial charge on any atom is 0.188 e. The van der Waals surface area contributed by atoms with Crippen molar-refractivity contribution < 1.29 is 0 Å². The molecule has 0 heterocycles. The summed E-state index contributed by atoms with van der Waals surface area (Å²) in [5.41, 5.74) is 6.20. The summed E-state index contributed by atoms with van der Waals surface area (Å²) in [6, 6.07) is 0.406. The lowest BCUT2D eigenvalue weighted by molar-refractivity contribution is 0.263. The highest BCUT2D eigenvalue weighted by Crippen LogP contribution is 2.30. The number of nitrogens with zero attached hydrogens (tertiary/aromatic N) is 1. The lowest BCUT2D eigenvalue weighted by Crippen LogP contribution is -2.39. The fourth-order valence-corrected chi connectivity index (χ4v) is 1.74. The molecule has 0 radical (unpaired) electrons. The van der Waals surface area contributed by atoms with Crippen molar-refractivity contribution in [2.45, 2.75) is 66.3 Å². The normalized spacial score (nSPS) is 14.1. The van der Waals surface area contributed by atoms with Crippen molar-refractivity contribution in [2.24, 2.45) is 16.1 Å². The van der Waals surface area contributed by atoms with Crippen LogP contribution in [-0.4, -0.2) is 18.5 Å². The summed E-state index contributed by atoms with van der Waals surface area (Å²) in [7, 11) is 0. The van der Waals surface area contributed by atoms with Gasteiger partial charge in [-0.1, -0.05) is 27.7 Å². The van der Waals surface area contributed by atoms with E-state index in [1.165, 1.54) is 19.3 Å². The Morgan fingerprint density at radius 2 is 1.65 bits per heavy atom. The van der Waals surface area contributed by atoms with E-state index in [9.17, 15) is 0 Å². The molecule has 0 spiro atoms. The summed E-state index contributed by atoms with van der Waals surface area (Å²) < 4.78 is 0. The van der Waals surface area contributed by atoms with Crippen LogP contribution in [0.1, 0.15) is 60.3 Å². The third-order valence-corrected chi connectivity index (χ3v) is 3.84. The highest BCUT2D eigenvalue weighted by atomic mass is 127. The largest absolute Gasteiger partial charge is 0.370 e. The number of nitrogens with one attached hydrogen (secondary N) is 1. The highest BCUT2D eigenvalue weighted by molar-refractivity contribution is 14.0. The van der Waals surface area contributed by atoms with Crippen LogP contribution in [0, 0.1) is 5.41 Å². The van der Waals surface area contributed by atoms with Crippen molar-refractivity contribution in [3.63, 3.8) is 0 Å². The van der Waals surface area contributed by atoms with Crippen molar-refractivity contribution in [2.75, 3.05) is 6.54 Å². The molecule has 4 heteroatoms. The van der Waals surface area contributed by atoms with Crippen molar-refractivity contribution in [1.29, 1.82) is 0 Å². The molecule has 0 fully saturated rings. The van der Waals surface area contributed by atoms with E-state index < -0.39 is 0 Å². The molecule has 17 heavy (non-hydrogen) atoms. The molecule has 0 amide bonds. The summed E-state index contributed by atoms with van der Waals surface area (Å²) in [5, 5.41) is 3.20. The molecule has 0 aromatic carbocycles. The molecule has 104 valence electrons. The number of rotatable bonds is 7. The van der Waals surface area contributed by atoms with Crippen LogP contribution >= 0.6 is 24.0 Å². The second kappa shape index (κ2) is 9.97. The van der Waals surface area contributed by atoms with Crippen LogP contribution in [0.4, 0.5) is 0 Å². The molecular formula is C13H30IN3. The van der Waals surface area contributed by atoms with Gasteiger partial charge in [-0.2, -0.15) is 0 Å². The molecule has 3 nitrogen and oxygen atoms in total. The Balaban J connectivity index is 0. The van der Waals surface area contributed by atoms with E-state index in [1.807, 2.05) is 0 Å². The number of hydrogen-bond acceptors (Lipinski definition) is 1. The first-order valence-electron chi connectivity index (χ1n) is 6.60. The zero-order chi connectivity index (χ0) is 12.6. The average molecular weight is 355 g/mol. The number of guanidine groups is 1. The Hall–Kier alpha value is 0. The Bertz CT molecular complexity index is 204. The van der Waals surface area contributed by atoms with Crippen LogP contribution in [0.25, 0.3) is 0 Å². The number of aliphatic imine (C=N–C) groups is 1. The Morgan fingerprint density at radius 3 is 2.00 bits per heavy atom. The van der Waals surface area contributed by atoms with Gasteiger partial charge in [-0.3, -0.25) is 4.99 Å². The van der Waals surface area contributed by atoms with E-state index >= 15 is 0 Å². The van der Waals surface area contributed by atoms with Gasteiger partial charge in [0.25, 0.3) is 0 Å². The number of halogens is 1. The topological polar surface area (TPSA) is 50.4 Å². The van der Waals surface area contributed by atoms with Crippen molar-refractivity contribution in [1.82, 2.24) is 5.32 Å². The fraction of sp³-hybridized carbons (Fsp3) is 0.923. The Labute approximate surface area is 124 Å². The standard InChI is InChI=1S/C13H29N3.HI/c1-6-11(5)16-12(14)15-10-13(7-2,8-3)9-4;/h11H,6-10H2,1-5H3,(H3,14,15,16);1H. The Kier molecular flexibility index (Phi) is 11.3. The minimum Gasteiger partial charge on any atom is -0.370 e. The van der Waals surface area contributed by atoms with Gasteiger partial charge < -0.3 is 11.1 Å². The summed E-state index contributed by atoms with van der Waals surface area (Å²) in [5.74, 6) is 0.592. The molecule has 0 aromatic rings. The lowest BCUT2D eigenvalue weighted by Gasteiger charge is -2.28. The van der Waals surface area contributed by atoms with Gasteiger partial charge in [0.15, 0.2) is 5.96 Å². The molecule has 0 aliphatic rings. The molecule has 0 saturated heterocycles. The first-order valence-corrected chi connectivity index (χ1v) is 6.60. The monoisotopic (exact) mass is 355 g/mol. The molecule has 0 aliphatic heterocycles. The zero-order valence-electron chi connectivity index (χ0n) is 12.0. The van der Waals surface area contributed by atoms with Gasteiger partial charge in [-0.05, 0) is 38.0 Å². The summed E-state index contributed by atoms with van der Waals surface area (Å²) in [4.78, 5) is 4.48. The first-order chi connectivity index (χ1) is 7.53. The van der Waals surface area contributed by atoms with E-state index in [4.69, 9.17) is 5.73 Å². The predicted molar refractivity (Wildman–Crippen MR) is 88.1 cm³/mol. The van der Waals surface area contributed by atoms with Crippen molar-refractivity contribution in [3.8, 4) is 0 Å². The van der Waals surface area contributed by atoms with Crippen LogP contribution in [0.15, 0.2) is 4.99 Å². The average Bonchev–Trinajstić information content (AvgIpc) is 2.31. The fourth-order valence-electron chi connectivity index (χ4n) is 1.74. The van der Waals surface area contributed by atoms with Gasteiger partial charge in [-0.25, -0.2) is 0 Å². The van der Waals surface area contributed by atoms with Crippen molar-refractivity contribution in [3.05, 3.63) is 0 Å². The van der Waals surface area contributed by atoms with Crippen LogP contribution in [-0.2, 0) is 0 Å². The zero-order valence-corrected chi connectivity index (χ0v) is 14.4. The maximum absolute atomic E-state index is 5.86. The SMILES string of the molecule is CCC(C)NC(N)=NCC(CC)(CC)CC.I. The molecule has 1 unspecified atom stereocenters. The third kappa shape index (κ3) is 7.11. The number of hydrogen-bond donors (Lipinski definition) is 2. The quantitative estimate of drug-likeness (QED) is 0.417. The molecule has 1 atom stereocenters. The van der Waals surface area contributed by atoms with Gasteiger partial charge in [0, 0.05) is 12.6 Å². The summed E-state index contributed by atoms with van der Waals surface area (Å²) in [6.45, 7) is 11.8. The van der Waals surface area contributed by atoms with Gasteiger partial charge >= 0.3 is 0 Å². The molecule has 0 saturated carbocycles. The lowest BCUT2D eigenvalue weighted by atomic mass is 9.80. The van der Waals surface area contributed by atoms with Gasteiger partial charge in [0.1, 0.15) is 0 Å². The van der Waals surface area contributed by atoms with Gasteiger partial charge in [0.2, 0.25) is 0 Å². The second-order valence-corrected chi connectivity index (χ2v) is 4.72. The molecular weight excluding hydrogens is 325 g/mol. The molecule has 0 bridgehead atoms. The van der Waals surface area contributed by atoms with E-state index in [0.29, 0.717) is 17.4 Å². The summed E-state index contributed by atoms with van der Waals surface area (Å²) in [6.07, 6.45) is 4.57. The predicted octanol–water partition coefficient (Wildman–Crippen LogP) is 3.52. The molecule has 0 rings (SSSR count). The molecule has 3 N–H and O–H groups in total. The number of nitrogens with two attached hydrogens (primary N) is 1. The van der Waals surface area contributed by atoms with E-state index in [0.717, 1.165) is 13.0 Å². The second-order valence-electron chi connectivity index (χ2n) is 4.72. The smallest absolute Gasteiger partial charge is 0.188 e. The summed E-state index contributed by atoms with van der Waals surface area (Å²) >= 11 is 0. The van der Waals surface area contributed by atoms with Crippen LogP contribution < -0.4 is 11.1 Å². The van der Waals surface area contributed by atoms with Crippen molar-refractivity contribution >= 4 is 29.9 Å². The maximum atomic E-state index is 5.86. The van der Waals surface area contributed by atoms with Gasteiger partial charge in [-0.15, -0.1) is 24.0 Å². The van der Waals surface area contributed by atoms with E-state index in [-0.39, 0.29) is 24.0 Å². The minimum atomic E-state index is 0. The van der Waals surface area contributed by atoms with Crippen LogP contribution in [0.3, 0.4) is 0 Å². The van der Waals surface area contributed by atoms with Gasteiger partial charge in [0.05, 0.1) is 0 Å². The van der Waals surface area contributed by atoms with Crippen LogP contribution in [0.5, 0.6) is 0 Å². The van der Waals surface area contributed by atoms with E-state index in [2.05, 4.69) is 44.9 Å². The van der Waals surface area contributed by atoms with E-state index in [1.54, 1.807) is 0 Å². The molecule has 0 aliphatic carbocycles. The highest BCUT2D eigenvalue weighted by Gasteiger charge is 2.23. The molecule has 0 aromatic heterocycles. The van der Waals surface area contributed by atoms with Crippen LogP contribution in [0.2, 0.25) is 0 Å². The first kappa shape index (κ1) is 19.3. The Morgan fingerprint density at radius 1 is 1.18 bits per heavy atom. The third-order valence-electron chi connectivity index (χ3n) is 3.84. The minimum absolute atomic E-state index is 0.